The molecule has 0 unspecified atom stereocenters. The van der Waals surface area contributed by atoms with E-state index in [2.05, 4.69) is 20.0 Å². The quantitative estimate of drug-likeness (QED) is 0.364. The van der Waals surface area contributed by atoms with Gasteiger partial charge in [0.2, 0.25) is 16.4 Å². The SMILES string of the molecule is COC(=O)c1ccc(COc2cccc(/C=N\n3c(C(F)F)n[nH]c3=S)c2)o1. The third-order valence-corrected chi connectivity index (χ3v) is 3.74. The van der Waals surface area contributed by atoms with Gasteiger partial charge in [-0.2, -0.15) is 14.9 Å². The normalized spacial score (nSPS) is 11.3. The van der Waals surface area contributed by atoms with Crippen LogP contribution in [0.4, 0.5) is 8.78 Å². The number of ether oxygens (including phenoxy) is 2. The Labute approximate surface area is 162 Å². The van der Waals surface area contributed by atoms with Gasteiger partial charge in [-0.1, -0.05) is 12.1 Å². The molecular formula is C17H14F2N4O4S. The number of aromatic amines is 1. The zero-order valence-electron chi connectivity index (χ0n) is 14.5. The maximum absolute atomic E-state index is 12.9. The van der Waals surface area contributed by atoms with Crippen molar-refractivity contribution in [1.29, 1.82) is 0 Å². The lowest BCUT2D eigenvalue weighted by Gasteiger charge is -2.05. The van der Waals surface area contributed by atoms with Crippen LogP contribution in [0.15, 0.2) is 45.9 Å². The van der Waals surface area contributed by atoms with E-state index in [9.17, 15) is 13.6 Å². The fourth-order valence-electron chi connectivity index (χ4n) is 2.19. The van der Waals surface area contributed by atoms with E-state index in [1.165, 1.54) is 19.4 Å². The first-order valence-corrected chi connectivity index (χ1v) is 8.28. The minimum Gasteiger partial charge on any atom is -0.486 e. The Balaban J connectivity index is 1.69. The molecule has 0 aliphatic rings. The van der Waals surface area contributed by atoms with Crippen LogP contribution in [0.1, 0.15) is 34.1 Å². The number of hydrogen-bond donors (Lipinski definition) is 1. The molecule has 1 N–H and O–H groups in total. The second-order valence-electron chi connectivity index (χ2n) is 5.36. The summed E-state index contributed by atoms with van der Waals surface area (Å²) < 4.78 is 42.1. The molecule has 0 aliphatic heterocycles. The Hall–Kier alpha value is -3.34. The van der Waals surface area contributed by atoms with Crippen LogP contribution in [0.5, 0.6) is 5.75 Å². The molecule has 0 bridgehead atoms. The Morgan fingerprint density at radius 1 is 1.43 bits per heavy atom. The molecule has 0 radical (unpaired) electrons. The Kier molecular flexibility index (Phi) is 5.94. The average molecular weight is 408 g/mol. The third-order valence-electron chi connectivity index (χ3n) is 3.48. The van der Waals surface area contributed by atoms with Crippen LogP contribution in [-0.4, -0.2) is 34.2 Å². The largest absolute Gasteiger partial charge is 0.486 e. The van der Waals surface area contributed by atoms with Crippen LogP contribution < -0.4 is 4.74 Å². The van der Waals surface area contributed by atoms with E-state index >= 15 is 0 Å². The smallest absolute Gasteiger partial charge is 0.373 e. The summed E-state index contributed by atoms with van der Waals surface area (Å²) in [7, 11) is 1.26. The Bertz CT molecular complexity index is 1060. The van der Waals surface area contributed by atoms with Crippen molar-refractivity contribution in [2.45, 2.75) is 13.0 Å². The first-order chi connectivity index (χ1) is 13.5. The maximum atomic E-state index is 12.9. The molecule has 8 nitrogen and oxygen atoms in total. The molecule has 0 spiro atoms. The summed E-state index contributed by atoms with van der Waals surface area (Å²) in [5, 5.41) is 9.65. The number of nitrogens with zero attached hydrogens (tertiary/aromatic N) is 3. The molecule has 0 fully saturated rings. The van der Waals surface area contributed by atoms with Crippen molar-refractivity contribution in [2.24, 2.45) is 5.10 Å². The zero-order chi connectivity index (χ0) is 20.1. The number of alkyl halides is 2. The topological polar surface area (TPSA) is 94.6 Å². The molecule has 146 valence electrons. The van der Waals surface area contributed by atoms with Crippen molar-refractivity contribution in [2.75, 3.05) is 7.11 Å². The lowest BCUT2D eigenvalue weighted by atomic mass is 10.2. The monoisotopic (exact) mass is 408 g/mol. The van der Waals surface area contributed by atoms with E-state index in [4.69, 9.17) is 21.4 Å². The number of H-pyrrole nitrogens is 1. The Morgan fingerprint density at radius 3 is 3.00 bits per heavy atom. The van der Waals surface area contributed by atoms with Crippen LogP contribution in [0, 0.1) is 4.77 Å². The van der Waals surface area contributed by atoms with E-state index in [0.717, 1.165) is 4.68 Å². The Morgan fingerprint density at radius 2 is 2.25 bits per heavy atom. The number of halogens is 2. The number of carbonyl (C=O) groups is 1. The lowest BCUT2D eigenvalue weighted by molar-refractivity contribution is 0.0561. The first-order valence-electron chi connectivity index (χ1n) is 7.87. The highest BCUT2D eigenvalue weighted by Crippen LogP contribution is 2.18. The van der Waals surface area contributed by atoms with Crippen molar-refractivity contribution in [3.63, 3.8) is 0 Å². The summed E-state index contributed by atoms with van der Waals surface area (Å²) in [6, 6.07) is 9.87. The maximum Gasteiger partial charge on any atom is 0.373 e. The number of furan rings is 1. The van der Waals surface area contributed by atoms with Gasteiger partial charge >= 0.3 is 5.97 Å². The highest BCUT2D eigenvalue weighted by molar-refractivity contribution is 7.71. The molecule has 0 atom stereocenters. The molecule has 0 saturated carbocycles. The van der Waals surface area contributed by atoms with Gasteiger partial charge in [-0.25, -0.2) is 18.7 Å². The van der Waals surface area contributed by atoms with E-state index < -0.39 is 18.2 Å². The molecule has 2 heterocycles. The number of rotatable bonds is 7. The summed E-state index contributed by atoms with van der Waals surface area (Å²) in [6.45, 7) is 0.0832. The predicted molar refractivity (Wildman–Crippen MR) is 96.2 cm³/mol. The second kappa shape index (κ2) is 8.57. The number of carbonyl (C=O) groups excluding carboxylic acids is 1. The van der Waals surface area contributed by atoms with Gasteiger partial charge in [-0.3, -0.25) is 0 Å². The average Bonchev–Trinajstić information content (AvgIpc) is 3.31. The number of esters is 1. The molecule has 0 amide bonds. The van der Waals surface area contributed by atoms with Crippen LogP contribution in [0.25, 0.3) is 0 Å². The highest BCUT2D eigenvalue weighted by Gasteiger charge is 2.16. The van der Waals surface area contributed by atoms with Gasteiger partial charge in [-0.05, 0) is 42.0 Å². The van der Waals surface area contributed by atoms with Crippen molar-refractivity contribution in [3.05, 3.63) is 64.1 Å². The number of nitrogens with one attached hydrogen (secondary N) is 1. The molecule has 3 aromatic rings. The number of hydrogen-bond acceptors (Lipinski definition) is 7. The fourth-order valence-corrected chi connectivity index (χ4v) is 2.37. The zero-order valence-corrected chi connectivity index (χ0v) is 15.3. The molecule has 0 saturated heterocycles. The summed E-state index contributed by atoms with van der Waals surface area (Å²) >= 11 is 4.89. The molecular weight excluding hydrogens is 394 g/mol. The van der Waals surface area contributed by atoms with Crippen molar-refractivity contribution < 1.29 is 27.5 Å². The summed E-state index contributed by atoms with van der Waals surface area (Å²) in [5.41, 5.74) is 0.593. The van der Waals surface area contributed by atoms with Crippen molar-refractivity contribution >= 4 is 24.4 Å². The van der Waals surface area contributed by atoms with E-state index in [1.807, 2.05) is 0 Å². The number of aromatic nitrogens is 3. The first kappa shape index (κ1) is 19.4. The van der Waals surface area contributed by atoms with E-state index in [1.54, 1.807) is 30.3 Å². The molecule has 28 heavy (non-hydrogen) atoms. The number of methoxy groups -OCH3 is 1. The van der Waals surface area contributed by atoms with E-state index in [-0.39, 0.29) is 17.1 Å². The number of benzene rings is 1. The van der Waals surface area contributed by atoms with E-state index in [0.29, 0.717) is 17.1 Å². The third kappa shape index (κ3) is 4.49. The predicted octanol–water partition coefficient (Wildman–Crippen LogP) is 3.72. The summed E-state index contributed by atoms with van der Waals surface area (Å²) in [4.78, 5) is 11.4. The highest BCUT2D eigenvalue weighted by atomic mass is 32.1. The van der Waals surface area contributed by atoms with Crippen LogP contribution in [0.3, 0.4) is 0 Å². The van der Waals surface area contributed by atoms with Crippen LogP contribution in [0.2, 0.25) is 0 Å². The van der Waals surface area contributed by atoms with Gasteiger partial charge in [0.15, 0.2) is 0 Å². The van der Waals surface area contributed by atoms with Gasteiger partial charge in [0.1, 0.15) is 18.1 Å². The van der Waals surface area contributed by atoms with Crippen molar-refractivity contribution in [3.8, 4) is 5.75 Å². The minimum absolute atomic E-state index is 0.0433. The molecule has 2 aromatic heterocycles. The van der Waals surface area contributed by atoms with Gasteiger partial charge in [0, 0.05) is 0 Å². The summed E-state index contributed by atoms with van der Waals surface area (Å²) in [6.07, 6.45) is -1.46. The van der Waals surface area contributed by atoms with Crippen molar-refractivity contribution in [1.82, 2.24) is 14.9 Å². The van der Waals surface area contributed by atoms with Gasteiger partial charge in [0.25, 0.3) is 6.43 Å². The lowest BCUT2D eigenvalue weighted by Crippen LogP contribution is -2.00. The van der Waals surface area contributed by atoms with Crippen LogP contribution >= 0.6 is 12.2 Å². The molecule has 3 rings (SSSR count). The molecule has 11 heteroatoms. The minimum atomic E-state index is -2.82. The van der Waals surface area contributed by atoms with Gasteiger partial charge < -0.3 is 13.9 Å². The molecule has 0 aliphatic carbocycles. The second-order valence-corrected chi connectivity index (χ2v) is 5.75. The van der Waals surface area contributed by atoms with Gasteiger partial charge in [-0.15, -0.1) is 0 Å². The summed E-state index contributed by atoms with van der Waals surface area (Å²) in [5.74, 6) is -0.150. The fraction of sp³-hybridized carbons (Fsp3) is 0.176. The molecule has 1 aromatic carbocycles. The van der Waals surface area contributed by atoms with Crippen LogP contribution in [-0.2, 0) is 11.3 Å². The van der Waals surface area contributed by atoms with Gasteiger partial charge in [0.05, 0.1) is 13.3 Å². The standard InChI is InChI=1S/C17H14F2N4O4S/c1-25-16(24)13-6-5-12(27-13)9-26-11-4-2-3-10(7-11)8-20-23-15(14(18)19)21-22-17(23)28/h2-8,14H,9H2,1H3,(H,22,28)/b20-8-.